The van der Waals surface area contributed by atoms with Crippen molar-refractivity contribution in [2.45, 2.75) is 11.8 Å². The van der Waals surface area contributed by atoms with Gasteiger partial charge in [0.25, 0.3) is 0 Å². The highest BCUT2D eigenvalue weighted by molar-refractivity contribution is 6.03. The third-order valence-corrected chi connectivity index (χ3v) is 3.20. The van der Waals surface area contributed by atoms with Crippen LogP contribution in [0, 0.1) is 0 Å². The monoisotopic (exact) mass is 325 g/mol. The van der Waals surface area contributed by atoms with Gasteiger partial charge in [-0.2, -0.15) is 0 Å². The zero-order valence-corrected chi connectivity index (χ0v) is 12.3. The van der Waals surface area contributed by atoms with Crippen LogP contribution in [0.1, 0.15) is 23.0 Å². The first-order valence-electron chi connectivity index (χ1n) is 6.30. The van der Waals surface area contributed by atoms with E-state index in [1.54, 1.807) is 19.0 Å². The van der Waals surface area contributed by atoms with Crippen molar-refractivity contribution in [2.75, 3.05) is 19.0 Å². The second-order valence-corrected chi connectivity index (χ2v) is 4.93. The molecule has 1 rings (SSSR count). The molecule has 23 heavy (non-hydrogen) atoms. The van der Waals surface area contributed by atoms with E-state index in [1.807, 2.05) is 0 Å². The zero-order valence-electron chi connectivity index (χ0n) is 12.3. The molecule has 1 aromatic rings. The van der Waals surface area contributed by atoms with Gasteiger partial charge >= 0.3 is 23.9 Å². The lowest BCUT2D eigenvalue weighted by atomic mass is 9.86. The molecule has 124 valence electrons. The highest BCUT2D eigenvalue weighted by atomic mass is 16.4. The maximum atomic E-state index is 11.2. The summed E-state index contributed by atoms with van der Waals surface area (Å²) in [7, 11) is 3.22. The number of carbonyl (C=O) groups is 4. The number of carboxylic acid groups (broad SMARTS) is 4. The molecular weight excluding hydrogens is 310 g/mol. The number of anilines is 1. The third-order valence-electron chi connectivity index (χ3n) is 3.20. The molecule has 0 unspecified atom stereocenters. The van der Waals surface area contributed by atoms with E-state index in [0.29, 0.717) is 5.69 Å². The molecule has 0 saturated carbocycles. The molecule has 4 N–H and O–H groups in total. The lowest BCUT2D eigenvalue weighted by Gasteiger charge is -2.20. The number of carboxylic acids is 4. The van der Waals surface area contributed by atoms with Gasteiger partial charge in [-0.1, -0.05) is 6.07 Å². The lowest BCUT2D eigenvalue weighted by Crippen LogP contribution is -2.28. The van der Waals surface area contributed by atoms with Crippen LogP contribution < -0.4 is 4.90 Å². The molecule has 0 aromatic heterocycles. The largest absolute Gasteiger partial charge is 0.480 e. The van der Waals surface area contributed by atoms with Gasteiger partial charge in [0.15, 0.2) is 11.8 Å². The number of hydrogen-bond donors (Lipinski definition) is 4. The SMILES string of the molecule is CN(C)c1ccc(C(C(=O)O)C(=O)O)c(C(C(=O)O)C(=O)O)c1. The quantitative estimate of drug-likeness (QED) is 0.517. The second-order valence-electron chi connectivity index (χ2n) is 4.93. The zero-order chi connectivity index (χ0) is 17.9. The molecule has 9 nitrogen and oxygen atoms in total. The molecule has 9 heteroatoms. The normalized spacial score (nSPS) is 10.6. The summed E-state index contributed by atoms with van der Waals surface area (Å²) in [5, 5.41) is 36.4. The summed E-state index contributed by atoms with van der Waals surface area (Å²) in [5.41, 5.74) is -0.359. The second kappa shape index (κ2) is 6.77. The van der Waals surface area contributed by atoms with E-state index in [-0.39, 0.29) is 11.1 Å². The van der Waals surface area contributed by atoms with Crippen molar-refractivity contribution in [3.8, 4) is 0 Å². The minimum absolute atomic E-state index is 0.383. The van der Waals surface area contributed by atoms with Gasteiger partial charge < -0.3 is 25.3 Å². The van der Waals surface area contributed by atoms with E-state index >= 15 is 0 Å². The molecule has 0 aliphatic rings. The first kappa shape index (κ1) is 18.0. The molecular formula is C14H15NO8. The Morgan fingerprint density at radius 3 is 1.52 bits per heavy atom. The predicted molar refractivity (Wildman–Crippen MR) is 76.8 cm³/mol. The molecule has 1 aromatic carbocycles. The summed E-state index contributed by atoms with van der Waals surface area (Å²) in [6.45, 7) is 0. The Labute approximate surface area is 130 Å². The van der Waals surface area contributed by atoms with Crippen LogP contribution in [-0.4, -0.2) is 58.4 Å². The molecule has 0 bridgehead atoms. The fourth-order valence-corrected chi connectivity index (χ4v) is 2.10. The van der Waals surface area contributed by atoms with Crippen molar-refractivity contribution in [3.05, 3.63) is 29.3 Å². The van der Waals surface area contributed by atoms with Crippen molar-refractivity contribution in [3.63, 3.8) is 0 Å². The molecule has 0 radical (unpaired) electrons. The average molecular weight is 325 g/mol. The predicted octanol–water partition coefficient (Wildman–Crippen LogP) is 0.258. The van der Waals surface area contributed by atoms with Gasteiger partial charge in [0, 0.05) is 19.8 Å². The first-order valence-corrected chi connectivity index (χ1v) is 6.30. The van der Waals surface area contributed by atoms with Crippen molar-refractivity contribution >= 4 is 29.6 Å². The van der Waals surface area contributed by atoms with Gasteiger partial charge in [0.05, 0.1) is 0 Å². The van der Waals surface area contributed by atoms with Crippen LogP contribution in [0.4, 0.5) is 5.69 Å². The van der Waals surface area contributed by atoms with Gasteiger partial charge in [-0.25, -0.2) is 0 Å². The van der Waals surface area contributed by atoms with E-state index < -0.39 is 35.7 Å². The summed E-state index contributed by atoms with van der Waals surface area (Å²) in [6, 6.07) is 3.68. The van der Waals surface area contributed by atoms with Crippen LogP contribution in [0.2, 0.25) is 0 Å². The summed E-state index contributed by atoms with van der Waals surface area (Å²) in [4.78, 5) is 46.4. The number of benzene rings is 1. The van der Waals surface area contributed by atoms with Gasteiger partial charge in [-0.3, -0.25) is 19.2 Å². The lowest BCUT2D eigenvalue weighted by molar-refractivity contribution is -0.153. The maximum absolute atomic E-state index is 11.2. The van der Waals surface area contributed by atoms with Gasteiger partial charge in [-0.15, -0.1) is 0 Å². The van der Waals surface area contributed by atoms with Crippen molar-refractivity contribution in [1.29, 1.82) is 0 Å². The Morgan fingerprint density at radius 2 is 1.17 bits per heavy atom. The highest BCUT2D eigenvalue weighted by Gasteiger charge is 2.37. The van der Waals surface area contributed by atoms with Crippen LogP contribution in [0.3, 0.4) is 0 Å². The molecule has 0 heterocycles. The van der Waals surface area contributed by atoms with Crippen LogP contribution in [0.5, 0.6) is 0 Å². The van der Waals surface area contributed by atoms with E-state index in [1.165, 1.54) is 12.1 Å². The van der Waals surface area contributed by atoms with Gasteiger partial charge in [0.1, 0.15) is 0 Å². The fourth-order valence-electron chi connectivity index (χ4n) is 2.10. The van der Waals surface area contributed by atoms with E-state index in [0.717, 1.165) is 6.07 Å². The summed E-state index contributed by atoms with van der Waals surface area (Å²) < 4.78 is 0. The van der Waals surface area contributed by atoms with Crippen LogP contribution in [0.25, 0.3) is 0 Å². The Bertz CT molecular complexity index is 639. The number of hydrogen-bond acceptors (Lipinski definition) is 5. The topological polar surface area (TPSA) is 152 Å². The number of nitrogens with zero attached hydrogens (tertiary/aromatic N) is 1. The van der Waals surface area contributed by atoms with Crippen LogP contribution in [-0.2, 0) is 19.2 Å². The minimum Gasteiger partial charge on any atom is -0.480 e. The standard InChI is InChI=1S/C14H15NO8/c1-15(2)6-3-4-7(9(11(16)17)12(18)19)8(5-6)10(13(20)21)14(22)23/h3-5,9-10H,1-2H3,(H,16,17)(H,18,19)(H,20,21)(H,22,23). The Balaban J connectivity index is 3.69. The Kier molecular flexibility index (Phi) is 5.29. The van der Waals surface area contributed by atoms with Gasteiger partial charge in [-0.05, 0) is 23.3 Å². The molecule has 0 fully saturated rings. The summed E-state index contributed by atoms with van der Waals surface area (Å²) in [6.07, 6.45) is 0. The molecule has 0 atom stereocenters. The molecule has 0 aliphatic carbocycles. The molecule has 0 amide bonds. The van der Waals surface area contributed by atoms with Crippen molar-refractivity contribution in [2.24, 2.45) is 0 Å². The van der Waals surface area contributed by atoms with Crippen molar-refractivity contribution in [1.82, 2.24) is 0 Å². The fraction of sp³-hybridized carbons (Fsp3) is 0.286. The molecule has 0 spiro atoms. The van der Waals surface area contributed by atoms with E-state index in [2.05, 4.69) is 0 Å². The maximum Gasteiger partial charge on any atom is 0.322 e. The molecule has 0 saturated heterocycles. The first-order chi connectivity index (χ1) is 10.6. The third kappa shape index (κ3) is 3.76. The van der Waals surface area contributed by atoms with E-state index in [4.69, 9.17) is 20.4 Å². The Morgan fingerprint density at radius 1 is 0.783 bits per heavy atom. The van der Waals surface area contributed by atoms with Crippen LogP contribution >= 0.6 is 0 Å². The average Bonchev–Trinajstić information content (AvgIpc) is 2.38. The van der Waals surface area contributed by atoms with Crippen molar-refractivity contribution < 1.29 is 39.6 Å². The Hall–Kier alpha value is -3.10. The minimum atomic E-state index is -2.08. The van der Waals surface area contributed by atoms with Crippen LogP contribution in [0.15, 0.2) is 18.2 Å². The number of aliphatic carboxylic acids is 4. The van der Waals surface area contributed by atoms with Gasteiger partial charge in [0.2, 0.25) is 0 Å². The summed E-state index contributed by atoms with van der Waals surface area (Å²) in [5.74, 6) is -11.0. The smallest absolute Gasteiger partial charge is 0.322 e. The summed E-state index contributed by atoms with van der Waals surface area (Å²) >= 11 is 0. The highest BCUT2D eigenvalue weighted by Crippen LogP contribution is 2.31. The number of rotatable bonds is 7. The van der Waals surface area contributed by atoms with E-state index in [9.17, 15) is 19.2 Å². The molecule has 0 aliphatic heterocycles.